The molecule has 1 atom stereocenters. The first-order chi connectivity index (χ1) is 12.0. The van der Waals surface area contributed by atoms with Crippen LogP contribution < -0.4 is 11.1 Å². The Bertz CT molecular complexity index is 669. The van der Waals surface area contributed by atoms with E-state index < -0.39 is 5.54 Å². The van der Waals surface area contributed by atoms with Gasteiger partial charge in [-0.05, 0) is 43.0 Å². The van der Waals surface area contributed by atoms with Gasteiger partial charge in [-0.15, -0.1) is 0 Å². The molecule has 2 rings (SSSR count). The van der Waals surface area contributed by atoms with Crippen molar-refractivity contribution in [2.24, 2.45) is 5.73 Å². The van der Waals surface area contributed by atoms with E-state index in [4.69, 9.17) is 10.5 Å². The van der Waals surface area contributed by atoms with Gasteiger partial charge in [-0.3, -0.25) is 4.79 Å². The molecule has 0 aliphatic heterocycles. The van der Waals surface area contributed by atoms with Crippen molar-refractivity contribution in [3.05, 3.63) is 65.7 Å². The molecule has 0 spiro atoms. The van der Waals surface area contributed by atoms with Crippen molar-refractivity contribution in [3.63, 3.8) is 0 Å². The topological polar surface area (TPSA) is 64.4 Å². The van der Waals surface area contributed by atoms with Gasteiger partial charge in [0.15, 0.2) is 0 Å². The number of rotatable bonds is 9. The number of anilines is 1. The standard InChI is InChI=1S/C21H28N2O2/c1-3-13-21(2,22)20(24)23-19-11-7-10-18(15-19)16-25-14-12-17-8-5-4-6-9-17/h4-11,15H,3,12-14,16,22H2,1-2H3,(H,23,24). The molecule has 1 amide bonds. The minimum absolute atomic E-state index is 0.156. The largest absolute Gasteiger partial charge is 0.376 e. The van der Waals surface area contributed by atoms with Crippen LogP contribution in [0.2, 0.25) is 0 Å². The number of hydrogen-bond donors (Lipinski definition) is 2. The summed E-state index contributed by atoms with van der Waals surface area (Å²) in [6.07, 6.45) is 2.41. The van der Waals surface area contributed by atoms with Crippen molar-refractivity contribution in [1.29, 1.82) is 0 Å². The van der Waals surface area contributed by atoms with Crippen LogP contribution in [0.5, 0.6) is 0 Å². The first kappa shape index (κ1) is 19.2. The average molecular weight is 340 g/mol. The number of carbonyl (C=O) groups is 1. The average Bonchev–Trinajstić information content (AvgIpc) is 2.60. The number of carbonyl (C=O) groups excluding carboxylic acids is 1. The first-order valence-electron chi connectivity index (χ1n) is 8.82. The Balaban J connectivity index is 1.83. The maximum absolute atomic E-state index is 12.3. The van der Waals surface area contributed by atoms with Crippen molar-refractivity contribution in [3.8, 4) is 0 Å². The quantitative estimate of drug-likeness (QED) is 0.680. The number of hydrogen-bond acceptors (Lipinski definition) is 3. The van der Waals surface area contributed by atoms with Gasteiger partial charge in [0.2, 0.25) is 5.91 Å². The molecule has 0 aliphatic rings. The molecule has 0 saturated heterocycles. The molecular weight excluding hydrogens is 312 g/mol. The second-order valence-electron chi connectivity index (χ2n) is 6.61. The van der Waals surface area contributed by atoms with Crippen LogP contribution in [0.4, 0.5) is 5.69 Å². The smallest absolute Gasteiger partial charge is 0.244 e. The van der Waals surface area contributed by atoms with E-state index in [0.717, 1.165) is 24.1 Å². The van der Waals surface area contributed by atoms with Gasteiger partial charge >= 0.3 is 0 Å². The maximum atomic E-state index is 12.3. The van der Waals surface area contributed by atoms with Crippen LogP contribution >= 0.6 is 0 Å². The minimum Gasteiger partial charge on any atom is -0.376 e. The van der Waals surface area contributed by atoms with Gasteiger partial charge in [0.25, 0.3) is 0 Å². The highest BCUT2D eigenvalue weighted by Crippen LogP contribution is 2.16. The van der Waals surface area contributed by atoms with Gasteiger partial charge < -0.3 is 15.8 Å². The lowest BCUT2D eigenvalue weighted by atomic mass is 9.96. The van der Waals surface area contributed by atoms with Crippen molar-refractivity contribution in [1.82, 2.24) is 0 Å². The molecule has 3 N–H and O–H groups in total. The maximum Gasteiger partial charge on any atom is 0.244 e. The van der Waals surface area contributed by atoms with Crippen LogP contribution in [-0.2, 0) is 22.6 Å². The molecule has 0 heterocycles. The van der Waals surface area contributed by atoms with Crippen molar-refractivity contribution in [2.75, 3.05) is 11.9 Å². The van der Waals surface area contributed by atoms with Crippen molar-refractivity contribution >= 4 is 11.6 Å². The Morgan fingerprint density at radius 2 is 1.84 bits per heavy atom. The van der Waals surface area contributed by atoms with Crippen LogP contribution in [0.3, 0.4) is 0 Å². The highest BCUT2D eigenvalue weighted by atomic mass is 16.5. The summed E-state index contributed by atoms with van der Waals surface area (Å²) in [4.78, 5) is 12.3. The third kappa shape index (κ3) is 6.33. The van der Waals surface area contributed by atoms with Gasteiger partial charge in [0.05, 0.1) is 18.8 Å². The fourth-order valence-corrected chi connectivity index (χ4v) is 2.67. The summed E-state index contributed by atoms with van der Waals surface area (Å²) in [5, 5.41) is 2.90. The van der Waals surface area contributed by atoms with E-state index in [1.54, 1.807) is 6.92 Å². The summed E-state index contributed by atoms with van der Waals surface area (Å²) in [6, 6.07) is 18.0. The summed E-state index contributed by atoms with van der Waals surface area (Å²) in [6.45, 7) is 4.97. The molecule has 0 aromatic heterocycles. The van der Waals surface area contributed by atoms with E-state index in [1.807, 2.05) is 49.4 Å². The van der Waals surface area contributed by atoms with Crippen LogP contribution in [0, 0.1) is 0 Å². The Labute approximate surface area is 150 Å². The van der Waals surface area contributed by atoms with Crippen LogP contribution in [0.25, 0.3) is 0 Å². The van der Waals surface area contributed by atoms with Gasteiger partial charge in [-0.2, -0.15) is 0 Å². The third-order valence-corrected chi connectivity index (χ3v) is 4.12. The molecule has 25 heavy (non-hydrogen) atoms. The Morgan fingerprint density at radius 3 is 2.56 bits per heavy atom. The second kappa shape index (κ2) is 9.35. The van der Waals surface area contributed by atoms with E-state index in [0.29, 0.717) is 19.6 Å². The van der Waals surface area contributed by atoms with E-state index in [9.17, 15) is 4.79 Å². The molecule has 1 unspecified atom stereocenters. The molecule has 2 aromatic carbocycles. The predicted molar refractivity (Wildman–Crippen MR) is 102 cm³/mol. The molecule has 134 valence electrons. The number of amides is 1. The minimum atomic E-state index is -0.850. The zero-order chi connectivity index (χ0) is 18.1. The van der Waals surface area contributed by atoms with Gasteiger partial charge in [0.1, 0.15) is 0 Å². The Kier molecular flexibility index (Phi) is 7.16. The van der Waals surface area contributed by atoms with Gasteiger partial charge in [-0.1, -0.05) is 55.8 Å². The van der Waals surface area contributed by atoms with Crippen molar-refractivity contribution < 1.29 is 9.53 Å². The molecule has 0 bridgehead atoms. The SMILES string of the molecule is CCCC(C)(N)C(=O)Nc1cccc(COCCc2ccccc2)c1. The van der Waals surface area contributed by atoms with Crippen LogP contribution in [0.1, 0.15) is 37.8 Å². The van der Waals surface area contributed by atoms with Crippen LogP contribution in [0.15, 0.2) is 54.6 Å². The summed E-state index contributed by atoms with van der Waals surface area (Å²) < 4.78 is 5.75. The lowest BCUT2D eigenvalue weighted by Crippen LogP contribution is -2.48. The molecular formula is C21H28N2O2. The number of benzene rings is 2. The summed E-state index contributed by atoms with van der Waals surface area (Å²) in [7, 11) is 0. The molecule has 0 fully saturated rings. The molecule has 4 heteroatoms. The molecule has 2 aromatic rings. The van der Waals surface area contributed by atoms with Gasteiger partial charge in [-0.25, -0.2) is 0 Å². The monoisotopic (exact) mass is 340 g/mol. The van der Waals surface area contributed by atoms with E-state index in [1.165, 1.54) is 5.56 Å². The van der Waals surface area contributed by atoms with E-state index >= 15 is 0 Å². The highest BCUT2D eigenvalue weighted by Gasteiger charge is 2.27. The zero-order valence-electron chi connectivity index (χ0n) is 15.1. The Morgan fingerprint density at radius 1 is 1.12 bits per heavy atom. The van der Waals surface area contributed by atoms with Crippen molar-refractivity contribution in [2.45, 2.75) is 45.3 Å². The van der Waals surface area contributed by atoms with E-state index in [2.05, 4.69) is 17.4 Å². The van der Waals surface area contributed by atoms with Gasteiger partial charge in [0, 0.05) is 5.69 Å². The van der Waals surface area contributed by atoms with Crippen LogP contribution in [-0.4, -0.2) is 18.1 Å². The number of nitrogens with one attached hydrogen (secondary N) is 1. The molecule has 4 nitrogen and oxygen atoms in total. The fraction of sp³-hybridized carbons (Fsp3) is 0.381. The zero-order valence-corrected chi connectivity index (χ0v) is 15.1. The lowest BCUT2D eigenvalue weighted by Gasteiger charge is -2.23. The van der Waals surface area contributed by atoms with E-state index in [-0.39, 0.29) is 5.91 Å². The fourth-order valence-electron chi connectivity index (χ4n) is 2.67. The summed E-state index contributed by atoms with van der Waals surface area (Å²) in [5.41, 5.74) is 8.27. The molecule has 0 saturated carbocycles. The normalized spacial score (nSPS) is 13.2. The number of ether oxygens (including phenoxy) is 1. The second-order valence-corrected chi connectivity index (χ2v) is 6.61. The third-order valence-electron chi connectivity index (χ3n) is 4.12. The molecule has 0 aliphatic carbocycles. The summed E-state index contributed by atoms with van der Waals surface area (Å²) in [5.74, 6) is -0.156. The molecule has 0 radical (unpaired) electrons. The highest BCUT2D eigenvalue weighted by molar-refractivity contribution is 5.97. The first-order valence-corrected chi connectivity index (χ1v) is 8.82. The number of nitrogens with two attached hydrogens (primary N) is 1. The predicted octanol–water partition coefficient (Wildman–Crippen LogP) is 3.90. The summed E-state index contributed by atoms with van der Waals surface area (Å²) >= 11 is 0. The Hall–Kier alpha value is -2.17. The lowest BCUT2D eigenvalue weighted by molar-refractivity contribution is -0.120.